The molecule has 0 spiro atoms. The third kappa shape index (κ3) is 2.26. The Hall–Kier alpha value is -2.32. The molecule has 0 aliphatic carbocycles. The molecule has 8 heteroatoms. The summed E-state index contributed by atoms with van der Waals surface area (Å²) in [4.78, 5) is 8.61. The first-order valence-corrected chi connectivity index (χ1v) is 6.16. The molecule has 0 unspecified atom stereocenters. The summed E-state index contributed by atoms with van der Waals surface area (Å²) in [7, 11) is 1.58. The summed E-state index contributed by atoms with van der Waals surface area (Å²) in [5.74, 6) is 1.15. The van der Waals surface area contributed by atoms with Crippen LogP contribution in [0.3, 0.4) is 0 Å². The van der Waals surface area contributed by atoms with E-state index in [2.05, 4.69) is 20.2 Å². The maximum absolute atomic E-state index is 9.11. The molecule has 0 atom stereocenters. The Balaban J connectivity index is 2.06. The van der Waals surface area contributed by atoms with Gasteiger partial charge in [-0.2, -0.15) is 10.2 Å². The van der Waals surface area contributed by atoms with E-state index in [9.17, 15) is 0 Å². The van der Waals surface area contributed by atoms with Gasteiger partial charge in [0, 0.05) is 25.6 Å². The zero-order valence-corrected chi connectivity index (χ0v) is 11.0. The second-order valence-corrected chi connectivity index (χ2v) is 4.18. The van der Waals surface area contributed by atoms with Crippen LogP contribution in [0.1, 0.15) is 5.82 Å². The van der Waals surface area contributed by atoms with Crippen molar-refractivity contribution in [2.45, 2.75) is 13.2 Å². The first kappa shape index (κ1) is 12.7. The Kier molecular flexibility index (Phi) is 3.40. The monoisotopic (exact) mass is 274 g/mol. The fourth-order valence-electron chi connectivity index (χ4n) is 1.96. The number of methoxy groups -OCH3 is 1. The van der Waals surface area contributed by atoms with Gasteiger partial charge < -0.3 is 9.84 Å². The number of aromatic nitrogens is 6. The Morgan fingerprint density at radius 2 is 2.25 bits per heavy atom. The zero-order chi connectivity index (χ0) is 13.9. The van der Waals surface area contributed by atoms with Crippen LogP contribution in [0.2, 0.25) is 0 Å². The molecule has 0 aromatic carbocycles. The van der Waals surface area contributed by atoms with Crippen LogP contribution < -0.4 is 0 Å². The minimum absolute atomic E-state index is 0.0194. The molecule has 3 heterocycles. The van der Waals surface area contributed by atoms with Gasteiger partial charge in [0.15, 0.2) is 17.3 Å². The molecule has 20 heavy (non-hydrogen) atoms. The molecule has 0 aliphatic heterocycles. The SMILES string of the molecule is COCc1nc(-c2cc3ncccn3n2)n(CCO)n1. The van der Waals surface area contributed by atoms with Gasteiger partial charge in [-0.1, -0.05) is 0 Å². The highest BCUT2D eigenvalue weighted by atomic mass is 16.5. The van der Waals surface area contributed by atoms with Crippen molar-refractivity contribution in [3.05, 3.63) is 30.4 Å². The second-order valence-electron chi connectivity index (χ2n) is 4.18. The maximum atomic E-state index is 9.11. The molecular weight excluding hydrogens is 260 g/mol. The summed E-state index contributed by atoms with van der Waals surface area (Å²) >= 11 is 0. The molecule has 3 aromatic heterocycles. The van der Waals surface area contributed by atoms with E-state index in [1.807, 2.05) is 12.3 Å². The molecule has 0 aliphatic rings. The summed E-state index contributed by atoms with van der Waals surface area (Å²) in [6.45, 7) is 0.652. The quantitative estimate of drug-likeness (QED) is 0.711. The average Bonchev–Trinajstić information content (AvgIpc) is 3.03. The van der Waals surface area contributed by atoms with E-state index >= 15 is 0 Å². The Bertz CT molecular complexity index is 687. The van der Waals surface area contributed by atoms with Crippen molar-refractivity contribution in [1.82, 2.24) is 29.4 Å². The number of aliphatic hydroxyl groups excluding tert-OH is 1. The summed E-state index contributed by atoms with van der Waals surface area (Å²) in [5, 5.41) is 17.8. The normalized spacial score (nSPS) is 11.3. The molecule has 0 saturated carbocycles. The van der Waals surface area contributed by atoms with E-state index < -0.39 is 0 Å². The molecular formula is C12H14N6O2. The summed E-state index contributed by atoms with van der Waals surface area (Å²) in [6, 6.07) is 3.63. The minimum atomic E-state index is -0.0194. The number of aliphatic hydroxyl groups is 1. The van der Waals surface area contributed by atoms with E-state index in [1.165, 1.54) is 0 Å². The topological polar surface area (TPSA) is 90.4 Å². The van der Waals surface area contributed by atoms with E-state index in [0.717, 1.165) is 5.65 Å². The lowest BCUT2D eigenvalue weighted by atomic mass is 10.4. The first-order valence-electron chi connectivity index (χ1n) is 6.16. The average molecular weight is 274 g/mol. The number of rotatable bonds is 5. The van der Waals surface area contributed by atoms with Gasteiger partial charge in [0.1, 0.15) is 12.3 Å². The van der Waals surface area contributed by atoms with Crippen LogP contribution in [0.5, 0.6) is 0 Å². The molecule has 0 fully saturated rings. The zero-order valence-electron chi connectivity index (χ0n) is 11.0. The third-order valence-electron chi connectivity index (χ3n) is 2.77. The smallest absolute Gasteiger partial charge is 0.179 e. The van der Waals surface area contributed by atoms with E-state index in [4.69, 9.17) is 9.84 Å². The van der Waals surface area contributed by atoms with Crippen LogP contribution in [0.25, 0.3) is 17.2 Å². The summed E-state index contributed by atoms with van der Waals surface area (Å²) in [5.41, 5.74) is 1.39. The predicted octanol–water partition coefficient (Wildman–Crippen LogP) is 0.126. The van der Waals surface area contributed by atoms with Crippen molar-refractivity contribution >= 4 is 5.65 Å². The van der Waals surface area contributed by atoms with Crippen LogP contribution in [-0.2, 0) is 17.9 Å². The van der Waals surface area contributed by atoms with Crippen molar-refractivity contribution in [1.29, 1.82) is 0 Å². The van der Waals surface area contributed by atoms with Crippen molar-refractivity contribution < 1.29 is 9.84 Å². The molecule has 0 bridgehead atoms. The molecule has 0 saturated heterocycles. The van der Waals surface area contributed by atoms with Crippen molar-refractivity contribution in [3.63, 3.8) is 0 Å². The van der Waals surface area contributed by atoms with Crippen LogP contribution in [0.4, 0.5) is 0 Å². The van der Waals surface area contributed by atoms with Crippen LogP contribution >= 0.6 is 0 Å². The first-order chi connectivity index (χ1) is 9.81. The van der Waals surface area contributed by atoms with E-state index in [0.29, 0.717) is 30.5 Å². The summed E-state index contributed by atoms with van der Waals surface area (Å²) < 4.78 is 8.32. The summed E-state index contributed by atoms with van der Waals surface area (Å²) in [6.07, 6.45) is 3.52. The molecule has 1 N–H and O–H groups in total. The fraction of sp³-hybridized carbons (Fsp3) is 0.333. The lowest BCUT2D eigenvalue weighted by molar-refractivity contribution is 0.177. The Morgan fingerprint density at radius 1 is 1.35 bits per heavy atom. The predicted molar refractivity (Wildman–Crippen MR) is 69.8 cm³/mol. The Labute approximate surface area is 114 Å². The highest BCUT2D eigenvalue weighted by molar-refractivity contribution is 5.57. The molecule has 8 nitrogen and oxygen atoms in total. The number of fused-ring (bicyclic) bond motifs is 1. The molecule has 104 valence electrons. The van der Waals surface area contributed by atoms with Gasteiger partial charge in [-0.15, -0.1) is 0 Å². The molecule has 3 rings (SSSR count). The van der Waals surface area contributed by atoms with Gasteiger partial charge in [-0.25, -0.2) is 19.2 Å². The largest absolute Gasteiger partial charge is 0.394 e. The van der Waals surface area contributed by atoms with Crippen LogP contribution in [0, 0.1) is 0 Å². The standard InChI is InChI=1S/C12H14N6O2/c1-20-8-10-14-12(18(16-10)5-6-19)9-7-11-13-3-2-4-17(11)15-9/h2-4,7,19H,5-6,8H2,1H3. The fourth-order valence-corrected chi connectivity index (χ4v) is 1.96. The maximum Gasteiger partial charge on any atom is 0.179 e. The Morgan fingerprint density at radius 3 is 3.00 bits per heavy atom. The van der Waals surface area contributed by atoms with E-state index in [1.54, 1.807) is 28.6 Å². The lowest BCUT2D eigenvalue weighted by Gasteiger charge is -1.99. The van der Waals surface area contributed by atoms with Gasteiger partial charge in [0.05, 0.1) is 13.2 Å². The number of hydrogen-bond donors (Lipinski definition) is 1. The van der Waals surface area contributed by atoms with Gasteiger partial charge in [-0.3, -0.25) is 0 Å². The number of ether oxygens (including phenoxy) is 1. The van der Waals surface area contributed by atoms with Crippen molar-refractivity contribution in [2.75, 3.05) is 13.7 Å². The second kappa shape index (κ2) is 5.35. The van der Waals surface area contributed by atoms with E-state index in [-0.39, 0.29) is 6.61 Å². The highest BCUT2D eigenvalue weighted by Gasteiger charge is 2.15. The van der Waals surface area contributed by atoms with Crippen LogP contribution in [0.15, 0.2) is 24.5 Å². The van der Waals surface area contributed by atoms with Gasteiger partial charge in [-0.05, 0) is 6.07 Å². The van der Waals surface area contributed by atoms with Crippen molar-refractivity contribution in [3.8, 4) is 11.5 Å². The lowest BCUT2D eigenvalue weighted by Crippen LogP contribution is -2.06. The molecule has 0 amide bonds. The van der Waals surface area contributed by atoms with Gasteiger partial charge in [0.2, 0.25) is 0 Å². The number of nitrogens with zero attached hydrogens (tertiary/aromatic N) is 6. The highest BCUT2D eigenvalue weighted by Crippen LogP contribution is 2.17. The third-order valence-corrected chi connectivity index (χ3v) is 2.77. The van der Waals surface area contributed by atoms with Crippen molar-refractivity contribution in [2.24, 2.45) is 0 Å². The number of hydrogen-bond acceptors (Lipinski definition) is 6. The van der Waals surface area contributed by atoms with Gasteiger partial charge in [0.25, 0.3) is 0 Å². The molecule has 3 aromatic rings. The minimum Gasteiger partial charge on any atom is -0.394 e. The molecule has 0 radical (unpaired) electrons. The van der Waals surface area contributed by atoms with Crippen LogP contribution in [-0.4, -0.2) is 48.2 Å². The van der Waals surface area contributed by atoms with Gasteiger partial charge >= 0.3 is 0 Å².